The summed E-state index contributed by atoms with van der Waals surface area (Å²) in [5.74, 6) is 0.303. The zero-order valence-corrected chi connectivity index (χ0v) is 13.8. The van der Waals surface area contributed by atoms with Gasteiger partial charge in [0.15, 0.2) is 0 Å². The number of carbonyl (C=O) groups excluding carboxylic acids is 2. The van der Waals surface area contributed by atoms with Gasteiger partial charge in [-0.05, 0) is 25.0 Å². The van der Waals surface area contributed by atoms with Crippen LogP contribution in [-0.2, 0) is 4.79 Å². The standard InChI is InChI=1S/C18H20N4O3/c23-16(22-13-6-4-5-7-13)11-21-18(24)15-10-20-17(12-19-15)25-14-8-2-1-3-9-14/h1-3,8-10,12-13H,4-7,11H2,(H,21,24)(H,22,23). The summed E-state index contributed by atoms with van der Waals surface area (Å²) in [6.07, 6.45) is 7.00. The second kappa shape index (κ2) is 8.23. The molecule has 0 unspecified atom stereocenters. The number of amides is 2. The molecule has 0 saturated heterocycles. The summed E-state index contributed by atoms with van der Waals surface area (Å²) in [5.41, 5.74) is 0.133. The number of benzene rings is 1. The van der Waals surface area contributed by atoms with Crippen LogP contribution in [0.5, 0.6) is 11.6 Å². The highest BCUT2D eigenvalue weighted by Crippen LogP contribution is 2.18. The Labute approximate surface area is 145 Å². The number of ether oxygens (including phenoxy) is 1. The Bertz CT molecular complexity index is 713. The van der Waals surface area contributed by atoms with Crippen molar-refractivity contribution in [3.05, 3.63) is 48.4 Å². The lowest BCUT2D eigenvalue weighted by Gasteiger charge is -2.12. The Kier molecular flexibility index (Phi) is 5.56. The van der Waals surface area contributed by atoms with Crippen LogP contribution in [-0.4, -0.2) is 34.4 Å². The van der Waals surface area contributed by atoms with Crippen LogP contribution >= 0.6 is 0 Å². The fraction of sp³-hybridized carbons (Fsp3) is 0.333. The second-order valence-electron chi connectivity index (χ2n) is 5.89. The van der Waals surface area contributed by atoms with Gasteiger partial charge in [0.1, 0.15) is 11.4 Å². The first-order valence-electron chi connectivity index (χ1n) is 8.33. The van der Waals surface area contributed by atoms with Crippen molar-refractivity contribution >= 4 is 11.8 Å². The number of nitrogens with one attached hydrogen (secondary N) is 2. The van der Waals surface area contributed by atoms with E-state index in [9.17, 15) is 9.59 Å². The third kappa shape index (κ3) is 5.00. The van der Waals surface area contributed by atoms with Gasteiger partial charge in [0.25, 0.3) is 5.91 Å². The van der Waals surface area contributed by atoms with Crippen molar-refractivity contribution in [2.45, 2.75) is 31.7 Å². The first kappa shape index (κ1) is 16.9. The number of rotatable bonds is 6. The molecule has 0 spiro atoms. The largest absolute Gasteiger partial charge is 0.438 e. The molecule has 2 N–H and O–H groups in total. The average Bonchev–Trinajstić information content (AvgIpc) is 3.14. The highest BCUT2D eigenvalue weighted by molar-refractivity contribution is 5.94. The van der Waals surface area contributed by atoms with E-state index in [1.807, 2.05) is 18.2 Å². The zero-order chi connectivity index (χ0) is 17.5. The van der Waals surface area contributed by atoms with Crippen molar-refractivity contribution in [3.63, 3.8) is 0 Å². The number of aromatic nitrogens is 2. The fourth-order valence-corrected chi connectivity index (χ4v) is 2.70. The van der Waals surface area contributed by atoms with E-state index in [-0.39, 0.29) is 24.2 Å². The molecule has 1 aromatic heterocycles. The Balaban J connectivity index is 1.47. The van der Waals surface area contributed by atoms with Gasteiger partial charge in [0.2, 0.25) is 11.8 Å². The van der Waals surface area contributed by atoms with Crippen LogP contribution in [0.2, 0.25) is 0 Å². The zero-order valence-electron chi connectivity index (χ0n) is 13.8. The van der Waals surface area contributed by atoms with Gasteiger partial charge in [0.05, 0.1) is 18.9 Å². The number of hydrogen-bond donors (Lipinski definition) is 2. The molecule has 1 aliphatic rings. The van der Waals surface area contributed by atoms with Crippen LogP contribution in [0.4, 0.5) is 0 Å². The number of hydrogen-bond acceptors (Lipinski definition) is 5. The minimum Gasteiger partial charge on any atom is -0.438 e. The summed E-state index contributed by atoms with van der Waals surface area (Å²) < 4.78 is 5.52. The summed E-state index contributed by atoms with van der Waals surface area (Å²) in [6, 6.07) is 9.41. The quantitative estimate of drug-likeness (QED) is 0.839. The molecule has 0 bridgehead atoms. The van der Waals surface area contributed by atoms with Crippen LogP contribution in [0.3, 0.4) is 0 Å². The van der Waals surface area contributed by atoms with Crippen molar-refractivity contribution in [1.82, 2.24) is 20.6 Å². The summed E-state index contributed by atoms with van der Waals surface area (Å²) >= 11 is 0. The molecular weight excluding hydrogens is 320 g/mol. The number of carbonyl (C=O) groups is 2. The highest BCUT2D eigenvalue weighted by atomic mass is 16.5. The summed E-state index contributed by atoms with van der Waals surface area (Å²) in [5, 5.41) is 5.46. The maximum absolute atomic E-state index is 12.0. The van der Waals surface area contributed by atoms with Gasteiger partial charge in [-0.3, -0.25) is 9.59 Å². The normalized spacial score (nSPS) is 14.1. The maximum Gasteiger partial charge on any atom is 0.271 e. The molecule has 7 heteroatoms. The van der Waals surface area contributed by atoms with E-state index in [2.05, 4.69) is 20.6 Å². The number of para-hydroxylation sites is 1. The molecule has 1 saturated carbocycles. The van der Waals surface area contributed by atoms with Crippen molar-refractivity contribution in [1.29, 1.82) is 0 Å². The van der Waals surface area contributed by atoms with E-state index in [1.54, 1.807) is 12.1 Å². The van der Waals surface area contributed by atoms with Crippen molar-refractivity contribution < 1.29 is 14.3 Å². The molecular formula is C18H20N4O3. The van der Waals surface area contributed by atoms with Gasteiger partial charge in [-0.1, -0.05) is 31.0 Å². The average molecular weight is 340 g/mol. The first-order valence-corrected chi connectivity index (χ1v) is 8.33. The van der Waals surface area contributed by atoms with E-state index < -0.39 is 5.91 Å². The minimum atomic E-state index is -0.444. The highest BCUT2D eigenvalue weighted by Gasteiger charge is 2.17. The Morgan fingerprint density at radius 3 is 2.52 bits per heavy atom. The monoisotopic (exact) mass is 340 g/mol. The molecule has 2 amide bonds. The summed E-state index contributed by atoms with van der Waals surface area (Å²) in [4.78, 5) is 31.9. The van der Waals surface area contributed by atoms with Crippen molar-refractivity contribution in [2.75, 3.05) is 6.54 Å². The van der Waals surface area contributed by atoms with E-state index in [0.717, 1.165) is 25.7 Å². The van der Waals surface area contributed by atoms with Crippen LogP contribution < -0.4 is 15.4 Å². The third-order valence-corrected chi connectivity index (χ3v) is 3.96. The van der Waals surface area contributed by atoms with Crippen LogP contribution in [0, 0.1) is 0 Å². The molecule has 1 aromatic carbocycles. The Morgan fingerprint density at radius 1 is 1.08 bits per heavy atom. The third-order valence-electron chi connectivity index (χ3n) is 3.96. The fourth-order valence-electron chi connectivity index (χ4n) is 2.70. The van der Waals surface area contributed by atoms with Gasteiger partial charge < -0.3 is 15.4 Å². The maximum atomic E-state index is 12.0. The van der Waals surface area contributed by atoms with Crippen molar-refractivity contribution in [2.24, 2.45) is 0 Å². The molecule has 1 aliphatic carbocycles. The molecule has 3 rings (SSSR count). The number of nitrogens with zero attached hydrogens (tertiary/aromatic N) is 2. The first-order chi connectivity index (χ1) is 12.2. The smallest absolute Gasteiger partial charge is 0.271 e. The minimum absolute atomic E-state index is 0.0702. The topological polar surface area (TPSA) is 93.2 Å². The van der Waals surface area contributed by atoms with Gasteiger partial charge in [0, 0.05) is 6.04 Å². The van der Waals surface area contributed by atoms with Gasteiger partial charge in [-0.2, -0.15) is 0 Å². The van der Waals surface area contributed by atoms with Crippen LogP contribution in [0.15, 0.2) is 42.7 Å². The molecule has 130 valence electrons. The summed E-state index contributed by atoms with van der Waals surface area (Å²) in [7, 11) is 0. The van der Waals surface area contributed by atoms with Gasteiger partial charge in [-0.25, -0.2) is 9.97 Å². The molecule has 25 heavy (non-hydrogen) atoms. The van der Waals surface area contributed by atoms with Crippen LogP contribution in [0.1, 0.15) is 36.2 Å². The van der Waals surface area contributed by atoms with Crippen LogP contribution in [0.25, 0.3) is 0 Å². The van der Waals surface area contributed by atoms with Crippen molar-refractivity contribution in [3.8, 4) is 11.6 Å². The molecule has 0 radical (unpaired) electrons. The van der Waals surface area contributed by atoms with E-state index in [1.165, 1.54) is 12.4 Å². The van der Waals surface area contributed by atoms with E-state index in [0.29, 0.717) is 11.6 Å². The lowest BCUT2D eigenvalue weighted by Crippen LogP contribution is -2.41. The molecule has 7 nitrogen and oxygen atoms in total. The van der Waals surface area contributed by atoms with E-state index >= 15 is 0 Å². The summed E-state index contributed by atoms with van der Waals surface area (Å²) in [6.45, 7) is -0.0702. The lowest BCUT2D eigenvalue weighted by atomic mass is 10.2. The molecule has 1 fully saturated rings. The second-order valence-corrected chi connectivity index (χ2v) is 5.89. The van der Waals surface area contributed by atoms with Gasteiger partial charge in [-0.15, -0.1) is 0 Å². The van der Waals surface area contributed by atoms with Gasteiger partial charge >= 0.3 is 0 Å². The van der Waals surface area contributed by atoms with E-state index in [4.69, 9.17) is 4.74 Å². The lowest BCUT2D eigenvalue weighted by molar-refractivity contribution is -0.120. The molecule has 2 aromatic rings. The molecule has 0 aliphatic heterocycles. The predicted octanol–water partition coefficient (Wildman–Crippen LogP) is 2.06. The SMILES string of the molecule is O=C(CNC(=O)c1cnc(Oc2ccccc2)cn1)NC1CCCC1. The Morgan fingerprint density at radius 2 is 1.84 bits per heavy atom. The molecule has 1 heterocycles. The molecule has 0 atom stereocenters. The predicted molar refractivity (Wildman–Crippen MR) is 91.3 cm³/mol. The Hall–Kier alpha value is -2.96.